The number of amides is 1. The maximum absolute atomic E-state index is 12.1. The van der Waals surface area contributed by atoms with E-state index in [0.29, 0.717) is 23.9 Å². The van der Waals surface area contributed by atoms with Gasteiger partial charge in [-0.25, -0.2) is 4.98 Å². The molecule has 7 nitrogen and oxygen atoms in total. The normalized spacial score (nSPS) is 10.4. The number of benzene rings is 2. The summed E-state index contributed by atoms with van der Waals surface area (Å²) in [6.07, 6.45) is 1.63. The highest BCUT2D eigenvalue weighted by Crippen LogP contribution is 2.25. The molecular formula is C24H26N2O5S. The average Bonchev–Trinajstić information content (AvgIpc) is 3.29. The first-order valence-corrected chi connectivity index (χ1v) is 11.2. The number of aryl methyl sites for hydroxylation is 1. The number of hydrogen-bond donors (Lipinski definition) is 1. The number of carbonyl (C=O) groups excluding carboxylic acids is 2. The standard InChI is InChI=1S/C24H26N2O5S/c1-3-17-6-8-18(9-7-17)21-16-32-24(25-21)26-22(27)15-31-23(28)5-4-14-30-20-12-10-19(29-2)11-13-20/h6-13,16H,3-5,14-15H2,1-2H3,(H,25,26,27). The minimum atomic E-state index is -0.450. The lowest BCUT2D eigenvalue weighted by molar-refractivity contribution is -0.147. The number of rotatable bonds is 11. The zero-order valence-corrected chi connectivity index (χ0v) is 18.9. The number of nitrogens with zero attached hydrogens (tertiary/aromatic N) is 1. The Hall–Kier alpha value is -3.39. The topological polar surface area (TPSA) is 86.8 Å². The van der Waals surface area contributed by atoms with Crippen molar-refractivity contribution < 1.29 is 23.8 Å². The molecule has 8 heteroatoms. The second kappa shape index (κ2) is 11.9. The van der Waals surface area contributed by atoms with Crippen LogP contribution in [-0.4, -0.2) is 37.2 Å². The van der Waals surface area contributed by atoms with Gasteiger partial charge in [-0.3, -0.25) is 14.9 Å². The minimum absolute atomic E-state index is 0.165. The number of aromatic nitrogens is 1. The molecule has 1 amide bonds. The third-order valence-corrected chi connectivity index (χ3v) is 5.38. The van der Waals surface area contributed by atoms with Gasteiger partial charge in [0.25, 0.3) is 5.91 Å². The molecule has 0 aliphatic heterocycles. The molecule has 1 N–H and O–H groups in total. The van der Waals surface area contributed by atoms with Crippen LogP contribution in [-0.2, 0) is 20.7 Å². The summed E-state index contributed by atoms with van der Waals surface area (Å²) in [7, 11) is 1.60. The molecule has 0 saturated carbocycles. The summed E-state index contributed by atoms with van der Waals surface area (Å²) in [5.74, 6) is 0.575. The summed E-state index contributed by atoms with van der Waals surface area (Å²) in [4.78, 5) is 28.3. The molecule has 2 aromatic carbocycles. The summed E-state index contributed by atoms with van der Waals surface area (Å²) >= 11 is 1.33. The van der Waals surface area contributed by atoms with Crippen LogP contribution in [0.4, 0.5) is 5.13 Å². The average molecular weight is 455 g/mol. The van der Waals surface area contributed by atoms with Crippen LogP contribution in [0, 0.1) is 0 Å². The van der Waals surface area contributed by atoms with E-state index in [4.69, 9.17) is 14.2 Å². The van der Waals surface area contributed by atoms with Crippen molar-refractivity contribution in [2.24, 2.45) is 0 Å². The Morgan fingerprint density at radius 3 is 2.44 bits per heavy atom. The second-order valence-corrected chi connectivity index (χ2v) is 7.78. The lowest BCUT2D eigenvalue weighted by Crippen LogP contribution is -2.21. The lowest BCUT2D eigenvalue weighted by Gasteiger charge is -2.07. The molecule has 0 aliphatic carbocycles. The highest BCUT2D eigenvalue weighted by Gasteiger charge is 2.11. The first-order valence-electron chi connectivity index (χ1n) is 10.3. The fourth-order valence-corrected chi connectivity index (χ4v) is 3.56. The Bertz CT molecular complexity index is 1020. The van der Waals surface area contributed by atoms with E-state index < -0.39 is 11.9 Å². The van der Waals surface area contributed by atoms with Crippen LogP contribution in [0.5, 0.6) is 11.5 Å². The van der Waals surface area contributed by atoms with Crippen molar-refractivity contribution in [3.8, 4) is 22.8 Å². The molecule has 0 unspecified atom stereocenters. The van der Waals surface area contributed by atoms with Gasteiger partial charge in [0, 0.05) is 17.4 Å². The predicted octanol–water partition coefficient (Wildman–Crippen LogP) is 4.72. The SMILES string of the molecule is CCc1ccc(-c2csc(NC(=O)COC(=O)CCCOc3ccc(OC)cc3)n2)cc1. The Morgan fingerprint density at radius 1 is 1.03 bits per heavy atom. The van der Waals surface area contributed by atoms with Gasteiger partial charge in [-0.1, -0.05) is 31.2 Å². The first kappa shape index (κ1) is 23.3. The van der Waals surface area contributed by atoms with E-state index >= 15 is 0 Å². The summed E-state index contributed by atoms with van der Waals surface area (Å²) in [5, 5.41) is 5.01. The zero-order chi connectivity index (χ0) is 22.8. The van der Waals surface area contributed by atoms with Gasteiger partial charge in [0.2, 0.25) is 0 Å². The molecule has 0 spiro atoms. The maximum atomic E-state index is 12.1. The van der Waals surface area contributed by atoms with Gasteiger partial charge in [0.1, 0.15) is 11.5 Å². The Morgan fingerprint density at radius 2 is 1.75 bits per heavy atom. The van der Waals surface area contributed by atoms with Crippen LogP contribution in [0.25, 0.3) is 11.3 Å². The molecule has 168 valence electrons. The molecule has 1 aromatic heterocycles. The molecular weight excluding hydrogens is 428 g/mol. The lowest BCUT2D eigenvalue weighted by atomic mass is 10.1. The maximum Gasteiger partial charge on any atom is 0.306 e. The van der Waals surface area contributed by atoms with E-state index in [1.807, 2.05) is 17.5 Å². The summed E-state index contributed by atoms with van der Waals surface area (Å²) < 4.78 is 15.7. The number of methoxy groups -OCH3 is 1. The van der Waals surface area contributed by atoms with Gasteiger partial charge in [-0.2, -0.15) is 0 Å². The van der Waals surface area contributed by atoms with Gasteiger partial charge in [0.05, 0.1) is 19.4 Å². The highest BCUT2D eigenvalue weighted by atomic mass is 32.1. The minimum Gasteiger partial charge on any atom is -0.497 e. The Labute approximate surface area is 191 Å². The van der Waals surface area contributed by atoms with Crippen LogP contribution in [0.15, 0.2) is 53.9 Å². The van der Waals surface area contributed by atoms with Crippen molar-refractivity contribution in [2.75, 3.05) is 25.6 Å². The van der Waals surface area contributed by atoms with Crippen LogP contribution < -0.4 is 14.8 Å². The molecule has 0 radical (unpaired) electrons. The Balaban J connectivity index is 1.34. The Kier molecular flexibility index (Phi) is 8.62. The number of ether oxygens (including phenoxy) is 3. The molecule has 0 bridgehead atoms. The smallest absolute Gasteiger partial charge is 0.306 e. The zero-order valence-electron chi connectivity index (χ0n) is 18.1. The van der Waals surface area contributed by atoms with Gasteiger partial charge in [0.15, 0.2) is 11.7 Å². The number of hydrogen-bond acceptors (Lipinski definition) is 7. The number of thiazole rings is 1. The highest BCUT2D eigenvalue weighted by molar-refractivity contribution is 7.14. The summed E-state index contributed by atoms with van der Waals surface area (Å²) in [6, 6.07) is 15.4. The summed E-state index contributed by atoms with van der Waals surface area (Å²) in [6.45, 7) is 2.13. The van der Waals surface area contributed by atoms with Crippen molar-refractivity contribution in [3.05, 3.63) is 59.5 Å². The molecule has 0 aliphatic rings. The molecule has 32 heavy (non-hydrogen) atoms. The van der Waals surface area contributed by atoms with Gasteiger partial charge in [-0.05, 0) is 42.7 Å². The fraction of sp³-hybridized carbons (Fsp3) is 0.292. The number of carbonyl (C=O) groups is 2. The largest absolute Gasteiger partial charge is 0.497 e. The van der Waals surface area contributed by atoms with E-state index in [9.17, 15) is 9.59 Å². The summed E-state index contributed by atoms with van der Waals surface area (Å²) in [5.41, 5.74) is 3.04. The monoisotopic (exact) mass is 454 g/mol. The third kappa shape index (κ3) is 7.09. The van der Waals surface area contributed by atoms with Crippen molar-refractivity contribution in [3.63, 3.8) is 0 Å². The fourth-order valence-electron chi connectivity index (χ4n) is 2.83. The number of nitrogens with one attached hydrogen (secondary N) is 1. The number of anilines is 1. The molecule has 3 aromatic rings. The second-order valence-electron chi connectivity index (χ2n) is 6.92. The van der Waals surface area contributed by atoms with Gasteiger partial charge < -0.3 is 14.2 Å². The molecule has 3 rings (SSSR count). The van der Waals surface area contributed by atoms with Crippen LogP contribution in [0.1, 0.15) is 25.3 Å². The predicted molar refractivity (Wildman–Crippen MR) is 124 cm³/mol. The molecule has 0 saturated heterocycles. The molecule has 0 fully saturated rings. The molecule has 1 heterocycles. The van der Waals surface area contributed by atoms with E-state index in [0.717, 1.165) is 23.4 Å². The van der Waals surface area contributed by atoms with Crippen molar-refractivity contribution in [2.45, 2.75) is 26.2 Å². The van der Waals surface area contributed by atoms with Crippen LogP contribution in [0.3, 0.4) is 0 Å². The van der Waals surface area contributed by atoms with E-state index in [2.05, 4.69) is 29.4 Å². The van der Waals surface area contributed by atoms with Crippen molar-refractivity contribution in [1.82, 2.24) is 4.98 Å². The quantitative estimate of drug-likeness (QED) is 0.333. The van der Waals surface area contributed by atoms with Crippen LogP contribution in [0.2, 0.25) is 0 Å². The van der Waals surface area contributed by atoms with E-state index in [1.54, 1.807) is 31.4 Å². The molecule has 0 atom stereocenters. The van der Waals surface area contributed by atoms with Crippen LogP contribution >= 0.6 is 11.3 Å². The van der Waals surface area contributed by atoms with Crippen molar-refractivity contribution >= 4 is 28.3 Å². The third-order valence-electron chi connectivity index (χ3n) is 4.63. The first-order chi connectivity index (χ1) is 15.6. The van der Waals surface area contributed by atoms with Crippen molar-refractivity contribution in [1.29, 1.82) is 0 Å². The van der Waals surface area contributed by atoms with E-state index in [-0.39, 0.29) is 13.0 Å². The van der Waals surface area contributed by atoms with Gasteiger partial charge in [-0.15, -0.1) is 11.3 Å². The van der Waals surface area contributed by atoms with E-state index in [1.165, 1.54) is 16.9 Å². The van der Waals surface area contributed by atoms with Gasteiger partial charge >= 0.3 is 5.97 Å². The number of esters is 1.